The van der Waals surface area contributed by atoms with Crippen LogP contribution >= 0.6 is 0 Å². The highest BCUT2D eigenvalue weighted by atomic mass is 16.5. The minimum absolute atomic E-state index is 0.151. The van der Waals surface area contributed by atoms with Crippen LogP contribution < -0.4 is 0 Å². The van der Waals surface area contributed by atoms with Crippen LogP contribution in [-0.4, -0.2) is 12.7 Å². The van der Waals surface area contributed by atoms with E-state index < -0.39 is 0 Å². The van der Waals surface area contributed by atoms with Crippen LogP contribution in [-0.2, 0) is 17.6 Å². The lowest BCUT2D eigenvalue weighted by Crippen LogP contribution is -2.19. The van der Waals surface area contributed by atoms with Crippen LogP contribution in [0.15, 0.2) is 24.3 Å². The average molecular weight is 255 g/mol. The first-order chi connectivity index (χ1) is 9.31. The molecule has 3 rings (SSSR count). The third-order valence-electron chi connectivity index (χ3n) is 4.62. The van der Waals surface area contributed by atoms with E-state index in [1.807, 2.05) is 0 Å². The van der Waals surface area contributed by atoms with E-state index in [9.17, 15) is 5.26 Å². The third-order valence-corrected chi connectivity index (χ3v) is 4.62. The molecule has 1 aromatic rings. The van der Waals surface area contributed by atoms with Crippen molar-refractivity contribution in [1.29, 1.82) is 5.26 Å². The summed E-state index contributed by atoms with van der Waals surface area (Å²) in [6, 6.07) is 11.1. The van der Waals surface area contributed by atoms with Gasteiger partial charge in [-0.1, -0.05) is 24.3 Å². The van der Waals surface area contributed by atoms with Crippen molar-refractivity contribution in [3.05, 3.63) is 35.4 Å². The molecule has 1 atom stereocenters. The minimum Gasteiger partial charge on any atom is -0.378 e. The Balaban J connectivity index is 1.58. The summed E-state index contributed by atoms with van der Waals surface area (Å²) in [6.07, 6.45) is 8.00. The van der Waals surface area contributed by atoms with Crippen molar-refractivity contribution in [2.45, 2.75) is 51.0 Å². The number of ether oxygens (including phenoxy) is 1. The molecule has 1 fully saturated rings. The number of nitrogens with zero attached hydrogens (tertiary/aromatic N) is 1. The molecule has 0 saturated carbocycles. The van der Waals surface area contributed by atoms with E-state index in [2.05, 4.69) is 30.3 Å². The lowest BCUT2D eigenvalue weighted by atomic mass is 9.81. The molecule has 2 nitrogen and oxygen atoms in total. The van der Waals surface area contributed by atoms with Crippen molar-refractivity contribution < 1.29 is 4.74 Å². The quantitative estimate of drug-likeness (QED) is 0.822. The lowest BCUT2D eigenvalue weighted by molar-refractivity contribution is 0.0995. The Bertz CT molecular complexity index is 457. The van der Waals surface area contributed by atoms with Gasteiger partial charge in [-0.05, 0) is 56.1 Å². The van der Waals surface area contributed by atoms with Crippen molar-refractivity contribution in [2.75, 3.05) is 6.61 Å². The van der Waals surface area contributed by atoms with Gasteiger partial charge in [0.25, 0.3) is 0 Å². The highest BCUT2D eigenvalue weighted by Crippen LogP contribution is 2.40. The monoisotopic (exact) mass is 255 g/mol. The van der Waals surface area contributed by atoms with Crippen LogP contribution in [0.1, 0.15) is 43.2 Å². The zero-order chi connectivity index (χ0) is 13.1. The number of hydrogen-bond donors (Lipinski definition) is 0. The smallest absolute Gasteiger partial charge is 0.0696 e. The first-order valence-corrected chi connectivity index (χ1v) is 7.41. The SMILES string of the molecule is N#CC1(CCCC2CCCO2)Cc2ccccc2C1. The second-order valence-corrected chi connectivity index (χ2v) is 6.04. The predicted molar refractivity (Wildman–Crippen MR) is 74.7 cm³/mol. The van der Waals surface area contributed by atoms with E-state index in [0.29, 0.717) is 6.10 Å². The second kappa shape index (κ2) is 5.35. The van der Waals surface area contributed by atoms with Gasteiger partial charge in [-0.15, -0.1) is 0 Å². The molecule has 0 bridgehead atoms. The molecule has 0 aromatic heterocycles. The van der Waals surface area contributed by atoms with Crippen LogP contribution in [0.4, 0.5) is 0 Å². The molecule has 2 heteroatoms. The van der Waals surface area contributed by atoms with Gasteiger partial charge in [0.2, 0.25) is 0 Å². The highest BCUT2D eigenvalue weighted by molar-refractivity contribution is 5.36. The van der Waals surface area contributed by atoms with Crippen LogP contribution in [0.25, 0.3) is 0 Å². The number of fused-ring (bicyclic) bond motifs is 1. The molecule has 2 aliphatic rings. The molecule has 1 aliphatic carbocycles. The fourth-order valence-electron chi connectivity index (χ4n) is 3.55. The largest absolute Gasteiger partial charge is 0.378 e. The molecular formula is C17H21NO. The van der Waals surface area contributed by atoms with Crippen molar-refractivity contribution in [2.24, 2.45) is 5.41 Å². The van der Waals surface area contributed by atoms with E-state index in [-0.39, 0.29) is 5.41 Å². The number of hydrogen-bond acceptors (Lipinski definition) is 2. The normalized spacial score (nSPS) is 24.1. The van der Waals surface area contributed by atoms with E-state index >= 15 is 0 Å². The van der Waals surface area contributed by atoms with Gasteiger partial charge < -0.3 is 4.74 Å². The zero-order valence-electron chi connectivity index (χ0n) is 11.4. The summed E-state index contributed by atoms with van der Waals surface area (Å²) >= 11 is 0. The molecule has 100 valence electrons. The van der Waals surface area contributed by atoms with Crippen LogP contribution in [0, 0.1) is 16.7 Å². The molecule has 1 unspecified atom stereocenters. The Hall–Kier alpha value is -1.33. The molecule has 1 aromatic carbocycles. The molecule has 19 heavy (non-hydrogen) atoms. The number of benzene rings is 1. The van der Waals surface area contributed by atoms with Gasteiger partial charge in [-0.25, -0.2) is 0 Å². The Morgan fingerprint density at radius 2 is 2.00 bits per heavy atom. The molecule has 1 aliphatic heterocycles. The molecule has 0 amide bonds. The Kier molecular flexibility index (Phi) is 3.57. The van der Waals surface area contributed by atoms with Crippen LogP contribution in [0.3, 0.4) is 0 Å². The molecule has 0 spiro atoms. The van der Waals surface area contributed by atoms with Crippen molar-refractivity contribution in [3.8, 4) is 6.07 Å². The standard InChI is InChI=1S/C17H21NO/c18-13-17(9-3-7-16-8-4-10-19-16)11-14-5-1-2-6-15(14)12-17/h1-2,5-6,16H,3-4,7-12H2. The summed E-state index contributed by atoms with van der Waals surface area (Å²) < 4.78 is 5.66. The van der Waals surface area contributed by atoms with Gasteiger partial charge in [0, 0.05) is 6.61 Å². The second-order valence-electron chi connectivity index (χ2n) is 6.04. The van der Waals surface area contributed by atoms with Crippen molar-refractivity contribution in [3.63, 3.8) is 0 Å². The maximum atomic E-state index is 9.60. The van der Waals surface area contributed by atoms with Gasteiger partial charge in [0.15, 0.2) is 0 Å². The first kappa shape index (κ1) is 12.7. The molecular weight excluding hydrogens is 234 g/mol. The topological polar surface area (TPSA) is 33.0 Å². The van der Waals surface area contributed by atoms with E-state index in [4.69, 9.17) is 4.74 Å². The molecule has 0 radical (unpaired) electrons. The molecule has 1 saturated heterocycles. The van der Waals surface area contributed by atoms with E-state index in [1.165, 1.54) is 24.0 Å². The average Bonchev–Trinajstić information content (AvgIpc) is 3.05. The number of rotatable bonds is 4. The number of nitriles is 1. The van der Waals surface area contributed by atoms with Gasteiger partial charge in [-0.3, -0.25) is 0 Å². The van der Waals surface area contributed by atoms with Gasteiger partial charge in [-0.2, -0.15) is 5.26 Å². The summed E-state index contributed by atoms with van der Waals surface area (Å²) in [7, 11) is 0. The fourth-order valence-corrected chi connectivity index (χ4v) is 3.55. The lowest BCUT2D eigenvalue weighted by Gasteiger charge is -2.20. The van der Waals surface area contributed by atoms with Crippen LogP contribution in [0.2, 0.25) is 0 Å². The zero-order valence-corrected chi connectivity index (χ0v) is 11.4. The molecule has 0 N–H and O–H groups in total. The summed E-state index contributed by atoms with van der Waals surface area (Å²) in [6.45, 7) is 0.930. The minimum atomic E-state index is -0.151. The van der Waals surface area contributed by atoms with E-state index in [0.717, 1.165) is 38.7 Å². The third kappa shape index (κ3) is 2.67. The first-order valence-electron chi connectivity index (χ1n) is 7.41. The van der Waals surface area contributed by atoms with E-state index in [1.54, 1.807) is 0 Å². The Morgan fingerprint density at radius 3 is 2.58 bits per heavy atom. The Morgan fingerprint density at radius 1 is 1.26 bits per heavy atom. The van der Waals surface area contributed by atoms with Crippen LogP contribution in [0.5, 0.6) is 0 Å². The fraction of sp³-hybridized carbons (Fsp3) is 0.588. The van der Waals surface area contributed by atoms with Gasteiger partial charge in [0.1, 0.15) is 0 Å². The van der Waals surface area contributed by atoms with Crippen molar-refractivity contribution >= 4 is 0 Å². The highest BCUT2D eigenvalue weighted by Gasteiger charge is 2.36. The summed E-state index contributed by atoms with van der Waals surface area (Å²) in [5.41, 5.74) is 2.60. The summed E-state index contributed by atoms with van der Waals surface area (Å²) in [5, 5.41) is 9.60. The molecule has 1 heterocycles. The summed E-state index contributed by atoms with van der Waals surface area (Å²) in [4.78, 5) is 0. The maximum absolute atomic E-state index is 9.60. The van der Waals surface area contributed by atoms with Crippen molar-refractivity contribution in [1.82, 2.24) is 0 Å². The predicted octanol–water partition coefficient (Wildman–Crippen LogP) is 3.64. The maximum Gasteiger partial charge on any atom is 0.0696 e. The van der Waals surface area contributed by atoms with Gasteiger partial charge in [0.05, 0.1) is 17.6 Å². The van der Waals surface area contributed by atoms with Gasteiger partial charge >= 0.3 is 0 Å². The summed E-state index contributed by atoms with van der Waals surface area (Å²) in [5.74, 6) is 0. The Labute approximate surface area is 115 Å².